The molecule has 6 heteroatoms. The highest BCUT2D eigenvalue weighted by Crippen LogP contribution is 2.20. The summed E-state index contributed by atoms with van der Waals surface area (Å²) in [6, 6.07) is 3.03. The lowest BCUT2D eigenvalue weighted by atomic mass is 10.1. The molecule has 1 saturated heterocycles. The summed E-state index contributed by atoms with van der Waals surface area (Å²) in [5.74, 6) is -0.733. The third-order valence-electron chi connectivity index (χ3n) is 2.93. The Kier molecular flexibility index (Phi) is 3.98. The van der Waals surface area contributed by atoms with Crippen molar-refractivity contribution in [2.24, 2.45) is 5.92 Å². The van der Waals surface area contributed by atoms with Gasteiger partial charge >= 0.3 is 5.97 Å². The van der Waals surface area contributed by atoms with Crippen molar-refractivity contribution in [1.29, 1.82) is 0 Å². The summed E-state index contributed by atoms with van der Waals surface area (Å²) in [5.41, 5.74) is 0. The molecule has 2 rings (SSSR count). The lowest BCUT2D eigenvalue weighted by Crippen LogP contribution is -2.31. The zero-order chi connectivity index (χ0) is 13.1. The SMILES string of the molecule is CN(C[C@@H]1CCOC1)C(=O)c1ccc(C(=O)O)s1. The van der Waals surface area contributed by atoms with Crippen LogP contribution in [0.1, 0.15) is 25.8 Å². The smallest absolute Gasteiger partial charge is 0.345 e. The number of amides is 1. The van der Waals surface area contributed by atoms with Gasteiger partial charge in [-0.15, -0.1) is 11.3 Å². The Labute approximate surface area is 109 Å². The second kappa shape index (κ2) is 5.49. The number of nitrogens with zero attached hydrogens (tertiary/aromatic N) is 1. The molecule has 0 saturated carbocycles. The van der Waals surface area contributed by atoms with Gasteiger partial charge in [-0.05, 0) is 18.6 Å². The molecule has 18 heavy (non-hydrogen) atoms. The summed E-state index contributed by atoms with van der Waals surface area (Å²) >= 11 is 1.01. The van der Waals surface area contributed by atoms with E-state index in [1.165, 1.54) is 6.07 Å². The molecule has 0 radical (unpaired) electrons. The van der Waals surface area contributed by atoms with Crippen molar-refractivity contribution >= 4 is 23.2 Å². The summed E-state index contributed by atoms with van der Waals surface area (Å²) < 4.78 is 5.27. The van der Waals surface area contributed by atoms with E-state index < -0.39 is 5.97 Å². The van der Waals surface area contributed by atoms with Gasteiger partial charge < -0.3 is 14.7 Å². The molecule has 0 aromatic carbocycles. The van der Waals surface area contributed by atoms with Crippen LogP contribution in [0.2, 0.25) is 0 Å². The summed E-state index contributed by atoms with van der Waals surface area (Å²) in [6.45, 7) is 2.11. The Morgan fingerprint density at radius 2 is 2.22 bits per heavy atom. The van der Waals surface area contributed by atoms with Gasteiger partial charge in [-0.3, -0.25) is 4.79 Å². The van der Waals surface area contributed by atoms with Crippen LogP contribution >= 0.6 is 11.3 Å². The lowest BCUT2D eigenvalue weighted by Gasteiger charge is -2.19. The normalized spacial score (nSPS) is 18.8. The van der Waals surface area contributed by atoms with Crippen molar-refractivity contribution in [3.05, 3.63) is 21.9 Å². The molecule has 1 aromatic heterocycles. The summed E-state index contributed by atoms with van der Waals surface area (Å²) in [4.78, 5) is 25.1. The quantitative estimate of drug-likeness (QED) is 0.900. The topological polar surface area (TPSA) is 66.8 Å². The van der Waals surface area contributed by atoms with Crippen molar-refractivity contribution in [3.63, 3.8) is 0 Å². The minimum atomic E-state index is -0.995. The van der Waals surface area contributed by atoms with E-state index in [0.29, 0.717) is 23.9 Å². The molecule has 98 valence electrons. The van der Waals surface area contributed by atoms with Crippen molar-refractivity contribution in [2.45, 2.75) is 6.42 Å². The van der Waals surface area contributed by atoms with Crippen LogP contribution in [0.4, 0.5) is 0 Å². The molecule has 2 heterocycles. The van der Waals surface area contributed by atoms with Gasteiger partial charge in [0.05, 0.1) is 11.5 Å². The predicted octanol–water partition coefficient (Wildman–Crippen LogP) is 1.55. The number of rotatable bonds is 4. The molecular weight excluding hydrogens is 254 g/mol. The molecule has 1 amide bonds. The van der Waals surface area contributed by atoms with E-state index in [1.54, 1.807) is 18.0 Å². The largest absolute Gasteiger partial charge is 0.477 e. The van der Waals surface area contributed by atoms with E-state index >= 15 is 0 Å². The molecule has 1 aromatic rings. The highest BCUT2D eigenvalue weighted by molar-refractivity contribution is 7.15. The molecule has 0 aliphatic carbocycles. The number of carboxylic acid groups (broad SMARTS) is 1. The van der Waals surface area contributed by atoms with Crippen LogP contribution in [0.25, 0.3) is 0 Å². The van der Waals surface area contributed by atoms with Gasteiger partial charge in [0, 0.05) is 26.1 Å². The minimum Gasteiger partial charge on any atom is -0.477 e. The van der Waals surface area contributed by atoms with E-state index in [9.17, 15) is 9.59 Å². The molecule has 1 atom stereocenters. The molecule has 0 spiro atoms. The van der Waals surface area contributed by atoms with Crippen molar-refractivity contribution in [1.82, 2.24) is 4.90 Å². The summed E-state index contributed by atoms with van der Waals surface area (Å²) in [5, 5.41) is 8.82. The first kappa shape index (κ1) is 13.0. The maximum Gasteiger partial charge on any atom is 0.345 e. The molecule has 5 nitrogen and oxygen atoms in total. The maximum atomic E-state index is 12.1. The Bertz CT molecular complexity index is 451. The Morgan fingerprint density at radius 1 is 1.50 bits per heavy atom. The highest BCUT2D eigenvalue weighted by atomic mass is 32.1. The van der Waals surface area contributed by atoms with Gasteiger partial charge in [0.1, 0.15) is 4.88 Å². The first-order valence-electron chi connectivity index (χ1n) is 5.74. The van der Waals surface area contributed by atoms with E-state index in [2.05, 4.69) is 0 Å². The van der Waals surface area contributed by atoms with Crippen molar-refractivity contribution in [2.75, 3.05) is 26.8 Å². The standard InChI is InChI=1S/C12H15NO4S/c1-13(6-8-4-5-17-7-8)11(14)9-2-3-10(18-9)12(15)16/h2-3,8H,4-7H2,1H3,(H,15,16)/t8-/m0/s1. The number of carbonyl (C=O) groups is 2. The second-order valence-electron chi connectivity index (χ2n) is 4.38. The number of ether oxygens (including phenoxy) is 1. The summed E-state index contributed by atoms with van der Waals surface area (Å²) in [6.07, 6.45) is 0.975. The van der Waals surface area contributed by atoms with Crippen LogP contribution in [-0.2, 0) is 4.74 Å². The van der Waals surface area contributed by atoms with Crippen LogP contribution in [0.5, 0.6) is 0 Å². The molecule has 1 N–H and O–H groups in total. The van der Waals surface area contributed by atoms with Gasteiger partial charge in [-0.2, -0.15) is 0 Å². The Morgan fingerprint density at radius 3 is 2.78 bits per heavy atom. The van der Waals surface area contributed by atoms with Crippen molar-refractivity contribution in [3.8, 4) is 0 Å². The zero-order valence-corrected chi connectivity index (χ0v) is 10.9. The fourth-order valence-electron chi connectivity index (χ4n) is 1.95. The Hall–Kier alpha value is -1.40. The van der Waals surface area contributed by atoms with Crippen LogP contribution in [0.15, 0.2) is 12.1 Å². The number of carbonyl (C=O) groups excluding carboxylic acids is 1. The second-order valence-corrected chi connectivity index (χ2v) is 5.47. The van der Waals surface area contributed by atoms with Crippen LogP contribution in [0, 0.1) is 5.92 Å². The molecule has 1 aliphatic heterocycles. The average Bonchev–Trinajstić information content (AvgIpc) is 2.98. The molecule has 0 bridgehead atoms. The minimum absolute atomic E-state index is 0.126. The van der Waals surface area contributed by atoms with Gasteiger partial charge in [-0.1, -0.05) is 0 Å². The fourth-order valence-corrected chi connectivity index (χ4v) is 2.79. The average molecular weight is 269 g/mol. The number of thiophene rings is 1. The first-order chi connectivity index (χ1) is 8.58. The predicted molar refractivity (Wildman–Crippen MR) is 67.2 cm³/mol. The third-order valence-corrected chi connectivity index (χ3v) is 3.99. The van der Waals surface area contributed by atoms with Crippen LogP contribution in [0.3, 0.4) is 0 Å². The van der Waals surface area contributed by atoms with Gasteiger partial charge in [0.15, 0.2) is 0 Å². The molecular formula is C12H15NO4S. The Balaban J connectivity index is 1.98. The van der Waals surface area contributed by atoms with Crippen molar-refractivity contribution < 1.29 is 19.4 Å². The lowest BCUT2D eigenvalue weighted by molar-refractivity contribution is 0.0701. The summed E-state index contributed by atoms with van der Waals surface area (Å²) in [7, 11) is 1.74. The van der Waals surface area contributed by atoms with Gasteiger partial charge in [-0.25, -0.2) is 4.79 Å². The third kappa shape index (κ3) is 2.88. The fraction of sp³-hybridized carbons (Fsp3) is 0.500. The number of carboxylic acids is 1. The monoisotopic (exact) mass is 269 g/mol. The number of hydrogen-bond donors (Lipinski definition) is 1. The van der Waals surface area contributed by atoms with Crippen LogP contribution < -0.4 is 0 Å². The highest BCUT2D eigenvalue weighted by Gasteiger charge is 2.22. The first-order valence-corrected chi connectivity index (χ1v) is 6.56. The molecule has 0 unspecified atom stereocenters. The van der Waals surface area contributed by atoms with Gasteiger partial charge in [0.2, 0.25) is 0 Å². The van der Waals surface area contributed by atoms with E-state index in [-0.39, 0.29) is 10.8 Å². The van der Waals surface area contributed by atoms with E-state index in [1.807, 2.05) is 0 Å². The number of aromatic carboxylic acids is 1. The maximum absolute atomic E-state index is 12.1. The molecule has 1 fully saturated rings. The van der Waals surface area contributed by atoms with Gasteiger partial charge in [0.25, 0.3) is 5.91 Å². The molecule has 1 aliphatic rings. The zero-order valence-electron chi connectivity index (χ0n) is 10.1. The number of hydrogen-bond acceptors (Lipinski definition) is 4. The van der Waals surface area contributed by atoms with Crippen LogP contribution in [-0.4, -0.2) is 48.7 Å². The van der Waals surface area contributed by atoms with E-state index in [0.717, 1.165) is 24.4 Å². The van der Waals surface area contributed by atoms with E-state index in [4.69, 9.17) is 9.84 Å².